The molecule has 0 bridgehead atoms. The van der Waals surface area contributed by atoms with E-state index in [4.69, 9.17) is 4.74 Å². The summed E-state index contributed by atoms with van der Waals surface area (Å²) in [6.07, 6.45) is 1.05. The number of rotatable bonds is 8. The lowest BCUT2D eigenvalue weighted by molar-refractivity contribution is 0.315. The highest BCUT2D eigenvalue weighted by molar-refractivity contribution is 5.27. The Labute approximate surface area is 105 Å². The molecule has 0 aliphatic heterocycles. The molecule has 96 valence electrons. The molecule has 1 aromatic carbocycles. The van der Waals surface area contributed by atoms with Gasteiger partial charge in [0.1, 0.15) is 5.75 Å². The minimum Gasteiger partial charge on any atom is -0.494 e. The van der Waals surface area contributed by atoms with Crippen LogP contribution < -0.4 is 10.1 Å². The first-order valence-corrected chi connectivity index (χ1v) is 6.31. The first-order valence-electron chi connectivity index (χ1n) is 6.31. The van der Waals surface area contributed by atoms with E-state index in [9.17, 15) is 0 Å². The van der Waals surface area contributed by atoms with Crippen molar-refractivity contribution in [1.29, 1.82) is 0 Å². The van der Waals surface area contributed by atoms with Crippen molar-refractivity contribution in [3.63, 3.8) is 0 Å². The second-order valence-corrected chi connectivity index (χ2v) is 4.33. The average molecular weight is 236 g/mol. The summed E-state index contributed by atoms with van der Waals surface area (Å²) in [5.41, 5.74) is 1.33. The van der Waals surface area contributed by atoms with Crippen molar-refractivity contribution < 1.29 is 4.74 Å². The van der Waals surface area contributed by atoms with Gasteiger partial charge in [0.15, 0.2) is 0 Å². The van der Waals surface area contributed by atoms with Crippen LogP contribution in [0.3, 0.4) is 0 Å². The quantitative estimate of drug-likeness (QED) is 0.748. The fourth-order valence-electron chi connectivity index (χ4n) is 1.60. The van der Waals surface area contributed by atoms with Crippen LogP contribution in [0.1, 0.15) is 18.9 Å². The molecule has 0 saturated heterocycles. The molecule has 1 aromatic rings. The zero-order valence-electron chi connectivity index (χ0n) is 11.2. The van der Waals surface area contributed by atoms with E-state index in [2.05, 4.69) is 48.5 Å². The van der Waals surface area contributed by atoms with E-state index in [1.54, 1.807) is 0 Å². The van der Waals surface area contributed by atoms with Crippen molar-refractivity contribution >= 4 is 0 Å². The molecule has 0 unspecified atom stereocenters. The Balaban J connectivity index is 2.39. The number of nitrogens with zero attached hydrogens (tertiary/aromatic N) is 1. The number of hydrogen-bond donors (Lipinski definition) is 1. The van der Waals surface area contributed by atoms with Gasteiger partial charge in [-0.15, -0.1) is 0 Å². The van der Waals surface area contributed by atoms with Crippen molar-refractivity contribution in [3.8, 4) is 5.75 Å². The molecule has 3 nitrogen and oxygen atoms in total. The molecule has 0 aliphatic rings. The molecule has 1 rings (SSSR count). The number of ether oxygens (including phenoxy) is 1. The van der Waals surface area contributed by atoms with Crippen molar-refractivity contribution in [1.82, 2.24) is 10.2 Å². The highest BCUT2D eigenvalue weighted by Crippen LogP contribution is 2.13. The molecule has 0 amide bonds. The third kappa shape index (κ3) is 5.71. The van der Waals surface area contributed by atoms with Crippen molar-refractivity contribution in [3.05, 3.63) is 29.8 Å². The molecular formula is C14H24N2O. The van der Waals surface area contributed by atoms with Crippen LogP contribution in [0.15, 0.2) is 24.3 Å². The monoisotopic (exact) mass is 236 g/mol. The minimum atomic E-state index is 0.793. The molecule has 0 radical (unpaired) electrons. The van der Waals surface area contributed by atoms with Crippen LogP contribution in [-0.4, -0.2) is 38.7 Å². The van der Waals surface area contributed by atoms with Gasteiger partial charge in [0.2, 0.25) is 0 Å². The summed E-state index contributed by atoms with van der Waals surface area (Å²) in [4.78, 5) is 2.30. The van der Waals surface area contributed by atoms with Gasteiger partial charge in [-0.25, -0.2) is 0 Å². The van der Waals surface area contributed by atoms with Crippen LogP contribution in [0.4, 0.5) is 0 Å². The van der Waals surface area contributed by atoms with Crippen LogP contribution in [0, 0.1) is 0 Å². The smallest absolute Gasteiger partial charge is 0.119 e. The average Bonchev–Trinajstić information content (AvgIpc) is 2.35. The van der Waals surface area contributed by atoms with E-state index in [-0.39, 0.29) is 0 Å². The molecule has 0 spiro atoms. The summed E-state index contributed by atoms with van der Waals surface area (Å²) in [5, 5.41) is 3.15. The summed E-state index contributed by atoms with van der Waals surface area (Å²) >= 11 is 0. The minimum absolute atomic E-state index is 0.793. The Morgan fingerprint density at radius 3 is 2.53 bits per heavy atom. The maximum absolute atomic E-state index is 5.56. The van der Waals surface area contributed by atoms with Gasteiger partial charge in [-0.3, -0.25) is 0 Å². The molecule has 0 saturated carbocycles. The van der Waals surface area contributed by atoms with Gasteiger partial charge in [-0.05, 0) is 38.2 Å². The zero-order chi connectivity index (χ0) is 12.5. The SMILES string of the molecule is CCCOc1ccc(CN(C)CCNC)cc1. The van der Waals surface area contributed by atoms with Crippen LogP contribution >= 0.6 is 0 Å². The third-order valence-electron chi connectivity index (χ3n) is 2.59. The maximum atomic E-state index is 5.56. The highest BCUT2D eigenvalue weighted by Gasteiger charge is 2.00. The molecular weight excluding hydrogens is 212 g/mol. The number of hydrogen-bond acceptors (Lipinski definition) is 3. The summed E-state index contributed by atoms with van der Waals surface area (Å²) in [6, 6.07) is 8.38. The second kappa shape index (κ2) is 8.09. The Hall–Kier alpha value is -1.06. The van der Waals surface area contributed by atoms with Crippen LogP contribution in [0.5, 0.6) is 5.75 Å². The fourth-order valence-corrected chi connectivity index (χ4v) is 1.60. The summed E-state index contributed by atoms with van der Waals surface area (Å²) in [7, 11) is 4.12. The normalized spacial score (nSPS) is 10.8. The van der Waals surface area contributed by atoms with Gasteiger partial charge in [-0.2, -0.15) is 0 Å². The largest absolute Gasteiger partial charge is 0.494 e. The molecule has 0 fully saturated rings. The van der Waals surface area contributed by atoms with Gasteiger partial charge in [0.25, 0.3) is 0 Å². The number of nitrogens with one attached hydrogen (secondary N) is 1. The first-order chi connectivity index (χ1) is 8.26. The Kier molecular flexibility index (Phi) is 6.67. The first kappa shape index (κ1) is 14.0. The second-order valence-electron chi connectivity index (χ2n) is 4.33. The van der Waals surface area contributed by atoms with Gasteiger partial charge in [0.05, 0.1) is 6.61 Å². The van der Waals surface area contributed by atoms with Crippen LogP contribution in [0.2, 0.25) is 0 Å². The lowest BCUT2D eigenvalue weighted by atomic mass is 10.2. The van der Waals surface area contributed by atoms with Crippen LogP contribution in [0.25, 0.3) is 0 Å². The summed E-state index contributed by atoms with van der Waals surface area (Å²) < 4.78 is 5.56. The Bertz CT molecular complexity index is 298. The van der Waals surface area contributed by atoms with Crippen LogP contribution in [-0.2, 0) is 6.54 Å². The van der Waals surface area contributed by atoms with Gasteiger partial charge < -0.3 is 15.0 Å². The summed E-state index contributed by atoms with van der Waals surface area (Å²) in [6.45, 7) is 5.97. The molecule has 0 aromatic heterocycles. The molecule has 0 atom stereocenters. The van der Waals surface area contributed by atoms with E-state index in [1.807, 2.05) is 7.05 Å². The van der Waals surface area contributed by atoms with Gasteiger partial charge in [-0.1, -0.05) is 19.1 Å². The predicted molar refractivity (Wildman–Crippen MR) is 72.5 cm³/mol. The van der Waals surface area contributed by atoms with E-state index < -0.39 is 0 Å². The molecule has 17 heavy (non-hydrogen) atoms. The highest BCUT2D eigenvalue weighted by atomic mass is 16.5. The Morgan fingerprint density at radius 2 is 1.94 bits per heavy atom. The number of benzene rings is 1. The van der Waals surface area contributed by atoms with Gasteiger partial charge in [0, 0.05) is 19.6 Å². The lowest BCUT2D eigenvalue weighted by Gasteiger charge is -2.16. The van der Waals surface area contributed by atoms with Crippen molar-refractivity contribution in [2.45, 2.75) is 19.9 Å². The number of likely N-dealkylation sites (N-methyl/N-ethyl adjacent to an activating group) is 2. The Morgan fingerprint density at radius 1 is 1.24 bits per heavy atom. The maximum Gasteiger partial charge on any atom is 0.119 e. The molecule has 0 heterocycles. The molecule has 3 heteroatoms. The van der Waals surface area contributed by atoms with Crippen molar-refractivity contribution in [2.75, 3.05) is 33.8 Å². The molecule has 0 aliphatic carbocycles. The summed E-state index contributed by atoms with van der Waals surface area (Å²) in [5.74, 6) is 0.966. The van der Waals surface area contributed by atoms with E-state index in [0.29, 0.717) is 0 Å². The third-order valence-corrected chi connectivity index (χ3v) is 2.59. The standard InChI is InChI=1S/C14H24N2O/c1-4-11-17-14-7-5-13(6-8-14)12-16(3)10-9-15-2/h5-8,15H,4,9-12H2,1-3H3. The fraction of sp³-hybridized carbons (Fsp3) is 0.571. The predicted octanol–water partition coefficient (Wildman–Crippen LogP) is 2.13. The van der Waals surface area contributed by atoms with Crippen molar-refractivity contribution in [2.24, 2.45) is 0 Å². The molecule has 1 N–H and O–H groups in total. The zero-order valence-corrected chi connectivity index (χ0v) is 11.2. The lowest BCUT2D eigenvalue weighted by Crippen LogP contribution is -2.26. The van der Waals surface area contributed by atoms with E-state index in [0.717, 1.165) is 38.4 Å². The van der Waals surface area contributed by atoms with E-state index in [1.165, 1.54) is 5.56 Å². The van der Waals surface area contributed by atoms with Gasteiger partial charge >= 0.3 is 0 Å². The topological polar surface area (TPSA) is 24.5 Å². The van der Waals surface area contributed by atoms with E-state index >= 15 is 0 Å².